The van der Waals surface area contributed by atoms with Crippen LogP contribution < -0.4 is 5.32 Å². The number of nitrogens with one attached hydrogen (secondary N) is 1. The summed E-state index contributed by atoms with van der Waals surface area (Å²) in [6.45, 7) is -1.27. The summed E-state index contributed by atoms with van der Waals surface area (Å²) in [7, 11) is 0. The van der Waals surface area contributed by atoms with Crippen molar-refractivity contribution in [3.63, 3.8) is 0 Å². The molecule has 0 saturated carbocycles. The Morgan fingerprint density at radius 2 is 2.00 bits per heavy atom. The quantitative estimate of drug-likeness (QED) is 0.832. The van der Waals surface area contributed by atoms with Crippen molar-refractivity contribution in [2.45, 2.75) is 12.5 Å². The molecule has 0 fully saturated rings. The van der Waals surface area contributed by atoms with Gasteiger partial charge in [-0.15, -0.1) is 0 Å². The molecule has 98 valence electrons. The second-order valence-corrected chi connectivity index (χ2v) is 3.53. The van der Waals surface area contributed by atoms with Crippen LogP contribution in [-0.4, -0.2) is 29.7 Å². The largest absolute Gasteiger partial charge is 0.480 e. The minimum atomic E-state index is -1.67. The Balaban J connectivity index is 2.67. The highest BCUT2D eigenvalue weighted by Crippen LogP contribution is 2.10. The van der Waals surface area contributed by atoms with Crippen molar-refractivity contribution >= 4 is 11.9 Å². The van der Waals surface area contributed by atoms with Gasteiger partial charge >= 0.3 is 5.97 Å². The van der Waals surface area contributed by atoms with Crippen molar-refractivity contribution in [3.05, 3.63) is 35.4 Å². The second-order valence-electron chi connectivity index (χ2n) is 3.53. The number of hydrogen-bond acceptors (Lipinski definition) is 2. The van der Waals surface area contributed by atoms with Gasteiger partial charge in [0.25, 0.3) is 0 Å². The van der Waals surface area contributed by atoms with Gasteiger partial charge in [-0.2, -0.15) is 0 Å². The van der Waals surface area contributed by atoms with Crippen molar-refractivity contribution in [1.29, 1.82) is 0 Å². The maximum absolute atomic E-state index is 13.2. The first kappa shape index (κ1) is 14.0. The number of carbonyl (C=O) groups excluding carboxylic acids is 1. The van der Waals surface area contributed by atoms with Crippen LogP contribution in [0.25, 0.3) is 0 Å². The molecule has 0 spiro atoms. The van der Waals surface area contributed by atoms with Crippen LogP contribution in [-0.2, 0) is 16.0 Å². The predicted molar refractivity (Wildman–Crippen MR) is 55.6 cm³/mol. The van der Waals surface area contributed by atoms with Gasteiger partial charge in [0.1, 0.15) is 18.3 Å². The SMILES string of the molecule is O=C(Cc1ccc(F)cc1F)NC(CF)C(=O)O. The van der Waals surface area contributed by atoms with Crippen LogP contribution in [0.4, 0.5) is 13.2 Å². The molecule has 0 aliphatic rings. The van der Waals surface area contributed by atoms with E-state index < -0.39 is 42.6 Å². The number of rotatable bonds is 5. The van der Waals surface area contributed by atoms with Crippen LogP contribution in [0.5, 0.6) is 0 Å². The van der Waals surface area contributed by atoms with E-state index in [0.717, 1.165) is 12.1 Å². The number of carboxylic acids is 1. The molecule has 18 heavy (non-hydrogen) atoms. The zero-order chi connectivity index (χ0) is 13.7. The molecule has 1 aromatic rings. The lowest BCUT2D eigenvalue weighted by Gasteiger charge is -2.10. The Kier molecular flexibility index (Phi) is 4.70. The van der Waals surface area contributed by atoms with Crippen LogP contribution in [0.15, 0.2) is 18.2 Å². The Hall–Kier alpha value is -2.05. The van der Waals surface area contributed by atoms with Gasteiger partial charge < -0.3 is 10.4 Å². The molecule has 0 bridgehead atoms. The van der Waals surface area contributed by atoms with E-state index in [1.807, 2.05) is 5.32 Å². The number of benzene rings is 1. The molecule has 4 nitrogen and oxygen atoms in total. The number of carboxylic acid groups (broad SMARTS) is 1. The monoisotopic (exact) mass is 261 g/mol. The molecule has 0 radical (unpaired) electrons. The van der Waals surface area contributed by atoms with E-state index in [9.17, 15) is 22.8 Å². The Bertz CT molecular complexity index is 465. The first-order valence-corrected chi connectivity index (χ1v) is 4.96. The Labute approximate surface area is 100 Å². The highest BCUT2D eigenvalue weighted by molar-refractivity contribution is 5.84. The normalized spacial score (nSPS) is 11.9. The molecule has 7 heteroatoms. The molecule has 1 rings (SSSR count). The lowest BCUT2D eigenvalue weighted by molar-refractivity contribution is -0.142. The number of amides is 1. The zero-order valence-corrected chi connectivity index (χ0v) is 9.12. The summed E-state index contributed by atoms with van der Waals surface area (Å²) in [6.07, 6.45) is -0.490. The average molecular weight is 261 g/mol. The highest BCUT2D eigenvalue weighted by atomic mass is 19.1. The van der Waals surface area contributed by atoms with E-state index in [-0.39, 0.29) is 5.56 Å². The topological polar surface area (TPSA) is 66.4 Å². The number of hydrogen-bond donors (Lipinski definition) is 2. The summed E-state index contributed by atoms with van der Waals surface area (Å²) in [5.41, 5.74) is -0.100. The van der Waals surface area contributed by atoms with Crippen molar-refractivity contribution < 1.29 is 27.9 Å². The molecule has 2 N–H and O–H groups in total. The van der Waals surface area contributed by atoms with Gasteiger partial charge in [0.2, 0.25) is 5.91 Å². The minimum absolute atomic E-state index is 0.100. The fourth-order valence-corrected chi connectivity index (χ4v) is 1.25. The molecular weight excluding hydrogens is 251 g/mol. The van der Waals surface area contributed by atoms with E-state index in [0.29, 0.717) is 6.07 Å². The first-order chi connectivity index (χ1) is 8.43. The standard InChI is InChI=1S/C11H10F3NO3/c12-5-9(11(17)18)15-10(16)3-6-1-2-7(13)4-8(6)14/h1-2,4,9H,3,5H2,(H,15,16)(H,17,18). The van der Waals surface area contributed by atoms with E-state index in [1.54, 1.807) is 0 Å². The summed E-state index contributed by atoms with van der Waals surface area (Å²) >= 11 is 0. The fraction of sp³-hybridized carbons (Fsp3) is 0.273. The number of carbonyl (C=O) groups is 2. The number of alkyl halides is 1. The van der Waals surface area contributed by atoms with Crippen molar-refractivity contribution in [1.82, 2.24) is 5.32 Å². The van der Waals surface area contributed by atoms with Gasteiger partial charge in [-0.25, -0.2) is 18.0 Å². The highest BCUT2D eigenvalue weighted by Gasteiger charge is 2.20. The molecule has 0 heterocycles. The molecule has 1 unspecified atom stereocenters. The molecule has 1 aromatic carbocycles. The van der Waals surface area contributed by atoms with E-state index >= 15 is 0 Å². The third-order valence-corrected chi connectivity index (χ3v) is 2.15. The summed E-state index contributed by atoms with van der Waals surface area (Å²) in [5.74, 6) is -4.09. The third kappa shape index (κ3) is 3.76. The average Bonchev–Trinajstić information content (AvgIpc) is 2.29. The molecule has 0 saturated heterocycles. The number of halogens is 3. The maximum Gasteiger partial charge on any atom is 0.328 e. The summed E-state index contributed by atoms with van der Waals surface area (Å²) in [4.78, 5) is 21.8. The van der Waals surface area contributed by atoms with E-state index in [2.05, 4.69) is 0 Å². The summed E-state index contributed by atoms with van der Waals surface area (Å²) in [6, 6.07) is 0.971. The molecule has 0 aliphatic carbocycles. The van der Waals surface area contributed by atoms with Crippen LogP contribution in [0, 0.1) is 11.6 Å². The van der Waals surface area contributed by atoms with Crippen LogP contribution in [0.1, 0.15) is 5.56 Å². The number of aliphatic carboxylic acids is 1. The van der Waals surface area contributed by atoms with E-state index in [4.69, 9.17) is 5.11 Å². The molecular formula is C11H10F3NO3. The van der Waals surface area contributed by atoms with Crippen LogP contribution in [0.2, 0.25) is 0 Å². The Morgan fingerprint density at radius 3 is 2.50 bits per heavy atom. The second kappa shape index (κ2) is 6.04. The van der Waals surface area contributed by atoms with Crippen molar-refractivity contribution in [2.75, 3.05) is 6.67 Å². The smallest absolute Gasteiger partial charge is 0.328 e. The fourth-order valence-electron chi connectivity index (χ4n) is 1.25. The van der Waals surface area contributed by atoms with E-state index in [1.165, 1.54) is 0 Å². The van der Waals surface area contributed by atoms with Gasteiger partial charge in [-0.05, 0) is 11.6 Å². The third-order valence-electron chi connectivity index (χ3n) is 2.15. The lowest BCUT2D eigenvalue weighted by atomic mass is 10.1. The molecule has 0 aromatic heterocycles. The minimum Gasteiger partial charge on any atom is -0.480 e. The molecule has 1 atom stereocenters. The maximum atomic E-state index is 13.2. The van der Waals surface area contributed by atoms with Gasteiger partial charge in [0.05, 0.1) is 6.42 Å². The van der Waals surface area contributed by atoms with Crippen molar-refractivity contribution in [2.24, 2.45) is 0 Å². The first-order valence-electron chi connectivity index (χ1n) is 4.96. The molecule has 1 amide bonds. The summed E-state index contributed by atoms with van der Waals surface area (Å²) in [5, 5.41) is 10.4. The van der Waals surface area contributed by atoms with Gasteiger partial charge in [-0.1, -0.05) is 6.07 Å². The predicted octanol–water partition coefficient (Wildman–Crippen LogP) is 1.05. The van der Waals surface area contributed by atoms with Gasteiger partial charge in [0, 0.05) is 6.07 Å². The molecule has 0 aliphatic heterocycles. The van der Waals surface area contributed by atoms with Crippen LogP contribution in [0.3, 0.4) is 0 Å². The Morgan fingerprint density at radius 1 is 1.33 bits per heavy atom. The van der Waals surface area contributed by atoms with Crippen LogP contribution >= 0.6 is 0 Å². The summed E-state index contributed by atoms with van der Waals surface area (Å²) < 4.78 is 38.0. The van der Waals surface area contributed by atoms with Gasteiger partial charge in [-0.3, -0.25) is 4.79 Å². The zero-order valence-electron chi connectivity index (χ0n) is 9.12. The van der Waals surface area contributed by atoms with Crippen molar-refractivity contribution in [3.8, 4) is 0 Å². The van der Waals surface area contributed by atoms with Gasteiger partial charge in [0.15, 0.2) is 6.04 Å². The lowest BCUT2D eigenvalue weighted by Crippen LogP contribution is -2.43.